The lowest BCUT2D eigenvalue weighted by atomic mass is 10.1. The molecule has 0 aliphatic heterocycles. The molecule has 0 bridgehead atoms. The van der Waals surface area contributed by atoms with E-state index in [-0.39, 0.29) is 12.2 Å². The van der Waals surface area contributed by atoms with Gasteiger partial charge in [0.1, 0.15) is 17.7 Å². The maximum absolute atomic E-state index is 14.7. The quantitative estimate of drug-likeness (QED) is 0.383. The van der Waals surface area contributed by atoms with Gasteiger partial charge in [-0.05, 0) is 37.3 Å². The minimum atomic E-state index is -0.500. The van der Waals surface area contributed by atoms with Crippen molar-refractivity contribution in [1.29, 1.82) is 0 Å². The Hall–Kier alpha value is -3.00. The Morgan fingerprint density at radius 3 is 2.65 bits per heavy atom. The van der Waals surface area contributed by atoms with Gasteiger partial charge in [-0.25, -0.2) is 4.39 Å². The number of rotatable bonds is 6. The Morgan fingerprint density at radius 1 is 1.19 bits per heavy atom. The van der Waals surface area contributed by atoms with Crippen LogP contribution in [-0.2, 0) is 6.61 Å². The average Bonchev–Trinajstić information content (AvgIpc) is 3.15. The molecule has 0 saturated heterocycles. The molecule has 0 aliphatic carbocycles. The number of aliphatic hydroxyl groups excluding tert-OH is 1. The predicted molar refractivity (Wildman–Crippen MR) is 119 cm³/mol. The van der Waals surface area contributed by atoms with Crippen molar-refractivity contribution in [3.8, 4) is 5.75 Å². The fraction of sp³-hybridized carbons (Fsp3) is 0.136. The maximum atomic E-state index is 14.7. The number of nitrogens with zero attached hydrogens (tertiary/aromatic N) is 3. The third-order valence-corrected chi connectivity index (χ3v) is 5.30. The molecule has 0 fully saturated rings. The van der Waals surface area contributed by atoms with Crippen molar-refractivity contribution in [2.24, 2.45) is 0 Å². The number of hydrogen-bond acceptors (Lipinski definition) is 5. The van der Waals surface area contributed by atoms with E-state index in [9.17, 15) is 4.39 Å². The number of aromatic amines is 1. The molecule has 6 nitrogen and oxygen atoms in total. The Kier molecular flexibility index (Phi) is 6.18. The van der Waals surface area contributed by atoms with Crippen LogP contribution >= 0.6 is 23.2 Å². The largest absolute Gasteiger partial charge is 0.486 e. The van der Waals surface area contributed by atoms with E-state index in [2.05, 4.69) is 20.2 Å². The summed E-state index contributed by atoms with van der Waals surface area (Å²) in [5.41, 5.74) is 2.53. The zero-order valence-electron chi connectivity index (χ0n) is 16.3. The average molecular weight is 459 g/mol. The van der Waals surface area contributed by atoms with E-state index >= 15 is 0 Å². The number of aromatic nitrogens is 4. The molecule has 0 amide bonds. The van der Waals surface area contributed by atoms with Gasteiger partial charge in [0, 0.05) is 41.2 Å². The number of halogens is 3. The molecule has 1 unspecified atom stereocenters. The van der Waals surface area contributed by atoms with E-state index in [0.29, 0.717) is 38.1 Å². The number of pyridine rings is 2. The molecule has 0 spiro atoms. The van der Waals surface area contributed by atoms with E-state index in [1.165, 1.54) is 24.7 Å². The van der Waals surface area contributed by atoms with E-state index in [0.717, 1.165) is 5.52 Å². The monoisotopic (exact) mass is 458 g/mol. The van der Waals surface area contributed by atoms with E-state index in [1.54, 1.807) is 30.3 Å². The number of hydrogen-bond donors (Lipinski definition) is 2. The fourth-order valence-electron chi connectivity index (χ4n) is 3.13. The normalized spacial score (nSPS) is 12.9. The van der Waals surface area contributed by atoms with Gasteiger partial charge in [0.25, 0.3) is 0 Å². The first-order valence-corrected chi connectivity index (χ1v) is 10.1. The zero-order valence-corrected chi connectivity index (χ0v) is 17.8. The summed E-state index contributed by atoms with van der Waals surface area (Å²) in [5.74, 6) is 0.0507. The molecule has 0 saturated carbocycles. The standard InChI is InChI=1S/C22H17Cl2FN4O2/c1-12(22-17(23)9-26-10-18(22)24)31-15-4-5-20-16(6-15)21(29-28-20)7-19(25)13-2-3-14(11-30)27-8-13/h2-10,12,30H,11H2,1H3,(H,28,29)/b19-7-. The van der Waals surface area contributed by atoms with Gasteiger partial charge in [0.15, 0.2) is 0 Å². The van der Waals surface area contributed by atoms with Crippen molar-refractivity contribution in [3.63, 3.8) is 0 Å². The summed E-state index contributed by atoms with van der Waals surface area (Å²) in [5, 5.41) is 17.7. The van der Waals surface area contributed by atoms with Crippen LogP contribution in [0.5, 0.6) is 5.75 Å². The molecule has 1 atom stereocenters. The minimum Gasteiger partial charge on any atom is -0.486 e. The van der Waals surface area contributed by atoms with Crippen LogP contribution in [0.3, 0.4) is 0 Å². The third-order valence-electron chi connectivity index (χ3n) is 4.70. The van der Waals surface area contributed by atoms with Gasteiger partial charge in [-0.1, -0.05) is 23.2 Å². The first kappa shape index (κ1) is 21.2. The first-order valence-electron chi connectivity index (χ1n) is 9.33. The maximum Gasteiger partial charge on any atom is 0.134 e. The summed E-state index contributed by atoms with van der Waals surface area (Å²) in [4.78, 5) is 7.95. The second-order valence-electron chi connectivity index (χ2n) is 6.78. The van der Waals surface area contributed by atoms with Gasteiger partial charge in [-0.15, -0.1) is 0 Å². The van der Waals surface area contributed by atoms with Crippen molar-refractivity contribution in [1.82, 2.24) is 20.2 Å². The van der Waals surface area contributed by atoms with Crippen molar-refractivity contribution in [3.05, 3.63) is 81.5 Å². The van der Waals surface area contributed by atoms with Crippen LogP contribution < -0.4 is 4.74 Å². The van der Waals surface area contributed by atoms with Crippen LogP contribution in [-0.4, -0.2) is 25.3 Å². The number of ether oxygens (including phenoxy) is 1. The van der Waals surface area contributed by atoms with Crippen molar-refractivity contribution < 1.29 is 14.2 Å². The molecule has 2 N–H and O–H groups in total. The van der Waals surface area contributed by atoms with Crippen LogP contribution in [0.1, 0.15) is 35.5 Å². The van der Waals surface area contributed by atoms with Crippen LogP contribution in [0.2, 0.25) is 10.0 Å². The number of benzene rings is 1. The summed E-state index contributed by atoms with van der Waals surface area (Å²) >= 11 is 12.4. The number of H-pyrrole nitrogens is 1. The minimum absolute atomic E-state index is 0.202. The van der Waals surface area contributed by atoms with E-state index < -0.39 is 11.9 Å². The summed E-state index contributed by atoms with van der Waals surface area (Å²) in [6, 6.07) is 8.46. The van der Waals surface area contributed by atoms with Gasteiger partial charge >= 0.3 is 0 Å². The summed E-state index contributed by atoms with van der Waals surface area (Å²) in [6.45, 7) is 1.63. The SMILES string of the molecule is CC(Oc1ccc2[nH]nc(/C=C(\F)c3ccc(CO)nc3)c2c1)c1c(Cl)cncc1Cl. The highest BCUT2D eigenvalue weighted by Crippen LogP contribution is 2.33. The van der Waals surface area contributed by atoms with E-state index in [4.69, 9.17) is 33.0 Å². The molecule has 1 aromatic carbocycles. The molecule has 3 aromatic heterocycles. The molecule has 31 heavy (non-hydrogen) atoms. The van der Waals surface area contributed by atoms with Gasteiger partial charge in [-0.2, -0.15) is 5.10 Å². The Labute approximate surface area is 187 Å². The molecule has 4 rings (SSSR count). The highest BCUT2D eigenvalue weighted by Gasteiger charge is 2.17. The van der Waals surface area contributed by atoms with Gasteiger partial charge in [-0.3, -0.25) is 15.1 Å². The Morgan fingerprint density at radius 2 is 1.97 bits per heavy atom. The number of fused-ring (bicyclic) bond motifs is 1. The molecule has 0 aliphatic rings. The smallest absolute Gasteiger partial charge is 0.134 e. The topological polar surface area (TPSA) is 83.9 Å². The van der Waals surface area contributed by atoms with Crippen LogP contribution in [0.15, 0.2) is 48.9 Å². The second kappa shape index (κ2) is 9.01. The predicted octanol–water partition coefficient (Wildman–Crippen LogP) is 5.76. The van der Waals surface area contributed by atoms with Crippen molar-refractivity contribution in [2.75, 3.05) is 0 Å². The van der Waals surface area contributed by atoms with Gasteiger partial charge < -0.3 is 9.84 Å². The summed E-state index contributed by atoms with van der Waals surface area (Å²) in [6.07, 6.45) is 5.27. The Bertz CT molecular complexity index is 1240. The lowest BCUT2D eigenvalue weighted by Crippen LogP contribution is -2.05. The van der Waals surface area contributed by atoms with E-state index in [1.807, 2.05) is 6.92 Å². The van der Waals surface area contributed by atoms with Gasteiger partial charge in [0.05, 0.1) is 33.6 Å². The fourth-order valence-corrected chi connectivity index (χ4v) is 3.80. The molecule has 4 aromatic rings. The second-order valence-corrected chi connectivity index (χ2v) is 7.60. The lowest BCUT2D eigenvalue weighted by Gasteiger charge is -2.17. The summed E-state index contributed by atoms with van der Waals surface area (Å²) in [7, 11) is 0. The van der Waals surface area contributed by atoms with Crippen LogP contribution in [0, 0.1) is 0 Å². The highest BCUT2D eigenvalue weighted by atomic mass is 35.5. The summed E-state index contributed by atoms with van der Waals surface area (Å²) < 4.78 is 20.7. The highest BCUT2D eigenvalue weighted by molar-refractivity contribution is 6.35. The number of nitrogens with one attached hydrogen (secondary N) is 1. The van der Waals surface area contributed by atoms with Gasteiger partial charge in [0.2, 0.25) is 0 Å². The molecule has 9 heteroatoms. The molecular formula is C22H17Cl2FN4O2. The molecule has 3 heterocycles. The molecule has 0 radical (unpaired) electrons. The molecule has 158 valence electrons. The Balaban J connectivity index is 1.63. The lowest BCUT2D eigenvalue weighted by molar-refractivity contribution is 0.227. The first-order chi connectivity index (χ1) is 15.0. The van der Waals surface area contributed by atoms with Crippen molar-refractivity contribution >= 4 is 46.0 Å². The third kappa shape index (κ3) is 4.54. The van der Waals surface area contributed by atoms with Crippen LogP contribution in [0.25, 0.3) is 22.8 Å². The zero-order chi connectivity index (χ0) is 22.0. The van der Waals surface area contributed by atoms with Crippen molar-refractivity contribution in [2.45, 2.75) is 19.6 Å². The molecular weight excluding hydrogens is 442 g/mol. The van der Waals surface area contributed by atoms with Crippen LogP contribution in [0.4, 0.5) is 4.39 Å². The number of aliphatic hydroxyl groups is 1.